The lowest BCUT2D eigenvalue weighted by Gasteiger charge is -2.63. The first-order valence-electron chi connectivity index (χ1n) is 11.9. The monoisotopic (exact) mass is 406 g/mol. The van der Waals surface area contributed by atoms with E-state index in [0.717, 1.165) is 58.2 Å². The van der Waals surface area contributed by atoms with Crippen LogP contribution in [0.1, 0.15) is 78.6 Å². The molecule has 3 unspecified atom stereocenters. The van der Waals surface area contributed by atoms with Crippen molar-refractivity contribution in [3.63, 3.8) is 0 Å². The minimum atomic E-state index is -0.578. The van der Waals surface area contributed by atoms with E-state index in [0.29, 0.717) is 23.7 Å². The van der Waals surface area contributed by atoms with Crippen LogP contribution in [0.4, 0.5) is 0 Å². The topological polar surface area (TPSA) is 65.0 Å². The summed E-state index contributed by atoms with van der Waals surface area (Å²) in [4.78, 5) is 11.5. The molecule has 1 heterocycles. The van der Waals surface area contributed by atoms with Gasteiger partial charge in [0.1, 0.15) is 6.10 Å². The van der Waals surface area contributed by atoms with E-state index in [1.807, 2.05) is 0 Å². The van der Waals surface area contributed by atoms with Gasteiger partial charge in [0, 0.05) is 13.3 Å². The molecule has 8 atom stereocenters. The van der Waals surface area contributed by atoms with Crippen molar-refractivity contribution in [2.24, 2.45) is 34.5 Å². The Morgan fingerprint density at radius 3 is 2.48 bits per heavy atom. The van der Waals surface area contributed by atoms with Gasteiger partial charge in [0.15, 0.2) is 5.79 Å². The Bertz CT molecular complexity index is 658. The number of aliphatic hydroxyl groups is 1. The zero-order valence-electron chi connectivity index (χ0n) is 18.3. The predicted molar refractivity (Wildman–Crippen MR) is 108 cm³/mol. The number of rotatable bonds is 1. The van der Waals surface area contributed by atoms with Crippen molar-refractivity contribution >= 4 is 5.97 Å². The van der Waals surface area contributed by atoms with E-state index in [9.17, 15) is 9.90 Å². The minimum Gasteiger partial charge on any atom is -0.463 e. The average Bonchev–Trinajstić information content (AvgIpc) is 2.97. The maximum absolute atomic E-state index is 11.5. The first-order valence-corrected chi connectivity index (χ1v) is 11.9. The smallest absolute Gasteiger partial charge is 0.302 e. The van der Waals surface area contributed by atoms with Crippen molar-refractivity contribution in [3.8, 4) is 0 Å². The number of hydrogen-bond acceptors (Lipinski definition) is 5. The molecule has 5 aliphatic rings. The van der Waals surface area contributed by atoms with E-state index in [4.69, 9.17) is 14.2 Å². The van der Waals surface area contributed by atoms with Gasteiger partial charge in [-0.2, -0.15) is 0 Å². The summed E-state index contributed by atoms with van der Waals surface area (Å²) in [6.45, 7) is 7.74. The van der Waals surface area contributed by atoms with Crippen LogP contribution in [0.25, 0.3) is 0 Å². The van der Waals surface area contributed by atoms with Crippen LogP contribution in [0.15, 0.2) is 0 Å². The summed E-state index contributed by atoms with van der Waals surface area (Å²) in [6, 6.07) is 0. The molecule has 0 radical (unpaired) electrons. The van der Waals surface area contributed by atoms with Gasteiger partial charge in [-0.05, 0) is 80.5 Å². The van der Waals surface area contributed by atoms with Crippen molar-refractivity contribution in [3.05, 3.63) is 0 Å². The molecule has 29 heavy (non-hydrogen) atoms. The lowest BCUT2D eigenvalue weighted by Crippen LogP contribution is -2.64. The van der Waals surface area contributed by atoms with E-state index >= 15 is 0 Å². The van der Waals surface area contributed by atoms with Crippen molar-refractivity contribution in [2.75, 3.05) is 13.2 Å². The van der Waals surface area contributed by atoms with Gasteiger partial charge in [0.05, 0.1) is 24.7 Å². The average molecular weight is 407 g/mol. The minimum absolute atomic E-state index is 0.0830. The second-order valence-electron chi connectivity index (χ2n) is 11.0. The number of carbonyl (C=O) groups is 1. The summed E-state index contributed by atoms with van der Waals surface area (Å²) in [6.07, 6.45) is 9.03. The molecule has 5 fully saturated rings. The number of carbonyl (C=O) groups excluding carboxylic acids is 1. The third-order valence-electron chi connectivity index (χ3n) is 10.1. The molecule has 1 saturated heterocycles. The lowest BCUT2D eigenvalue weighted by molar-refractivity contribution is -0.343. The molecule has 164 valence electrons. The van der Waals surface area contributed by atoms with Crippen LogP contribution < -0.4 is 0 Å². The summed E-state index contributed by atoms with van der Waals surface area (Å²) in [5, 5.41) is 11.5. The number of aliphatic hydroxyl groups excluding tert-OH is 1. The van der Waals surface area contributed by atoms with Gasteiger partial charge >= 0.3 is 5.97 Å². The molecular formula is C24H38O5. The third-order valence-corrected chi connectivity index (χ3v) is 10.1. The Hall–Kier alpha value is -0.650. The summed E-state index contributed by atoms with van der Waals surface area (Å²) in [5.74, 6) is 1.52. The van der Waals surface area contributed by atoms with Crippen molar-refractivity contribution in [1.29, 1.82) is 0 Å². The molecule has 0 aromatic carbocycles. The molecule has 1 N–H and O–H groups in total. The van der Waals surface area contributed by atoms with Crippen LogP contribution >= 0.6 is 0 Å². The molecule has 0 bridgehead atoms. The van der Waals surface area contributed by atoms with Gasteiger partial charge in [0.2, 0.25) is 0 Å². The molecule has 0 aromatic heterocycles. The van der Waals surface area contributed by atoms with Crippen LogP contribution in [-0.2, 0) is 19.0 Å². The van der Waals surface area contributed by atoms with Gasteiger partial charge in [0.25, 0.3) is 0 Å². The summed E-state index contributed by atoms with van der Waals surface area (Å²) in [5.41, 5.74) is -0.0569. The van der Waals surface area contributed by atoms with Crippen LogP contribution in [0, 0.1) is 34.5 Å². The van der Waals surface area contributed by atoms with Crippen LogP contribution in [0.3, 0.4) is 0 Å². The predicted octanol–water partition coefficient (Wildman–Crippen LogP) is 4.06. The van der Waals surface area contributed by atoms with E-state index in [1.54, 1.807) is 0 Å². The van der Waals surface area contributed by atoms with E-state index in [2.05, 4.69) is 13.8 Å². The Kier molecular flexibility index (Phi) is 4.84. The first-order chi connectivity index (χ1) is 13.8. The standard InChI is InChI=1S/C24H38O5/c1-15(25)29-17-7-9-22(2)16(13-17)5-6-18-19-8-10-24(27-11-4-12-28-24)23(19,3)21(26)14-20(18)22/h16-21,26H,4-14H2,1-3H3/t16-,17-,18+,19?,20?,21?,22+,23-/m1/s1. The first kappa shape index (κ1) is 20.3. The third kappa shape index (κ3) is 2.79. The second kappa shape index (κ2) is 6.93. The number of fused-ring (bicyclic) bond motifs is 6. The van der Waals surface area contributed by atoms with Gasteiger partial charge < -0.3 is 19.3 Å². The Balaban J connectivity index is 1.40. The van der Waals surface area contributed by atoms with Crippen molar-refractivity contribution < 1.29 is 24.1 Å². The van der Waals surface area contributed by atoms with Gasteiger partial charge in [-0.3, -0.25) is 4.79 Å². The highest BCUT2D eigenvalue weighted by atomic mass is 16.7. The fourth-order valence-corrected chi connectivity index (χ4v) is 8.54. The number of esters is 1. The molecule has 4 saturated carbocycles. The number of ether oxygens (including phenoxy) is 3. The molecule has 1 spiro atoms. The summed E-state index contributed by atoms with van der Waals surface area (Å²) in [7, 11) is 0. The van der Waals surface area contributed by atoms with Crippen molar-refractivity contribution in [2.45, 2.75) is 96.6 Å². The highest BCUT2D eigenvalue weighted by Crippen LogP contribution is 2.69. The maximum atomic E-state index is 11.5. The SMILES string of the molecule is CC(=O)O[C@@H]1CC[C@]2(C)C3CC(O)[C@@]4(C)C(CCC45OCCCO5)[C@@H]3CC[C@@H]2C1. The zero-order valence-corrected chi connectivity index (χ0v) is 18.3. The van der Waals surface area contributed by atoms with Crippen LogP contribution in [-0.4, -0.2) is 42.3 Å². The fourth-order valence-electron chi connectivity index (χ4n) is 8.54. The fraction of sp³-hybridized carbons (Fsp3) is 0.958. The Morgan fingerprint density at radius 1 is 1.00 bits per heavy atom. The Morgan fingerprint density at radius 2 is 1.76 bits per heavy atom. The highest BCUT2D eigenvalue weighted by Gasteiger charge is 2.70. The summed E-state index contributed by atoms with van der Waals surface area (Å²) >= 11 is 0. The van der Waals surface area contributed by atoms with Gasteiger partial charge in [-0.25, -0.2) is 0 Å². The molecule has 0 amide bonds. The van der Waals surface area contributed by atoms with E-state index in [1.165, 1.54) is 19.8 Å². The Labute approximate surface area is 174 Å². The summed E-state index contributed by atoms with van der Waals surface area (Å²) < 4.78 is 18.2. The quantitative estimate of drug-likeness (QED) is 0.665. The molecule has 5 heteroatoms. The largest absolute Gasteiger partial charge is 0.463 e. The maximum Gasteiger partial charge on any atom is 0.302 e. The molecule has 5 rings (SSSR count). The second-order valence-corrected chi connectivity index (χ2v) is 11.0. The molecule has 5 nitrogen and oxygen atoms in total. The molecule has 4 aliphatic carbocycles. The van der Waals surface area contributed by atoms with Crippen LogP contribution in [0.2, 0.25) is 0 Å². The van der Waals surface area contributed by atoms with E-state index < -0.39 is 5.79 Å². The molecular weight excluding hydrogens is 368 g/mol. The van der Waals surface area contributed by atoms with E-state index in [-0.39, 0.29) is 29.0 Å². The molecule has 1 aliphatic heterocycles. The normalized spacial score (nSPS) is 51.0. The van der Waals surface area contributed by atoms with Crippen LogP contribution in [0.5, 0.6) is 0 Å². The van der Waals surface area contributed by atoms with Crippen molar-refractivity contribution in [1.82, 2.24) is 0 Å². The van der Waals surface area contributed by atoms with Gasteiger partial charge in [-0.15, -0.1) is 0 Å². The number of hydrogen-bond donors (Lipinski definition) is 1. The highest BCUT2D eigenvalue weighted by molar-refractivity contribution is 5.66. The zero-order chi connectivity index (χ0) is 20.4. The van der Waals surface area contributed by atoms with Gasteiger partial charge in [-0.1, -0.05) is 13.8 Å². The lowest BCUT2D eigenvalue weighted by atomic mass is 9.44. The molecule has 0 aromatic rings.